The first-order valence-electron chi connectivity index (χ1n) is 21.5. The fraction of sp³-hybridized carbons (Fsp3) is 0.529. The van der Waals surface area contributed by atoms with Crippen molar-refractivity contribution in [3.8, 4) is 11.1 Å². The van der Waals surface area contributed by atoms with Gasteiger partial charge in [-0.25, -0.2) is 9.59 Å². The molecule has 3 aromatic rings. The van der Waals surface area contributed by atoms with E-state index < -0.39 is 0 Å². The maximum Gasteiger partial charge on any atom is 0.407 e. The molecule has 6 aliphatic rings. The third kappa shape index (κ3) is 5.52. The number of rotatable bonds is 6. The lowest BCUT2D eigenvalue weighted by atomic mass is 9.36. The van der Waals surface area contributed by atoms with Crippen LogP contribution in [0.15, 0.2) is 91.0 Å². The standard InChI is InChI=1S/C51H61NO4/c1-31(2)34-22-28-51(52-47(54)56-30-40-37-14-10-8-12-35(37)36-13-9-11-15-38(36)40)29-24-42-39(45(34)51)20-21-44-49(42,5)27-25-43-48(3,4)41(23-26-50(43,44)6)32-16-18-33(19-17-32)46(53)55-7/h8-19,23,34,39-40,42-45H,1,20-22,24-30H2,2-7H3,(H,52,54)/t34-,39?,42?,43?,44?,45?,49?,50?,51?/m0/s1. The number of carbonyl (C=O) groups is 2. The number of benzene rings is 3. The Morgan fingerprint density at radius 1 is 0.786 bits per heavy atom. The van der Waals surface area contributed by atoms with Gasteiger partial charge in [0, 0.05) is 11.5 Å². The number of allylic oxidation sites excluding steroid dienone is 3. The molecule has 0 aliphatic heterocycles. The van der Waals surface area contributed by atoms with Crippen molar-refractivity contribution in [2.24, 2.45) is 51.8 Å². The van der Waals surface area contributed by atoms with Crippen molar-refractivity contribution in [3.63, 3.8) is 0 Å². The molecule has 4 fully saturated rings. The summed E-state index contributed by atoms with van der Waals surface area (Å²) in [6.45, 7) is 17.4. The summed E-state index contributed by atoms with van der Waals surface area (Å²) in [5.74, 6) is 3.03. The van der Waals surface area contributed by atoms with Gasteiger partial charge in [0.2, 0.25) is 0 Å². The first kappa shape index (κ1) is 37.5. The fourth-order valence-electron chi connectivity index (χ4n) is 14.9. The van der Waals surface area contributed by atoms with Gasteiger partial charge in [-0.1, -0.05) is 107 Å². The van der Waals surface area contributed by atoms with Gasteiger partial charge in [0.25, 0.3) is 0 Å². The van der Waals surface area contributed by atoms with Crippen molar-refractivity contribution in [1.29, 1.82) is 0 Å². The summed E-state index contributed by atoms with van der Waals surface area (Å²) >= 11 is 0. The number of esters is 1. The first-order chi connectivity index (χ1) is 26.8. The van der Waals surface area contributed by atoms with Crippen LogP contribution in [-0.2, 0) is 9.47 Å². The molecular formula is C51H61NO4. The summed E-state index contributed by atoms with van der Waals surface area (Å²) in [5.41, 5.74) is 9.77. The molecule has 0 radical (unpaired) electrons. The Balaban J connectivity index is 0.950. The average molecular weight is 752 g/mol. The van der Waals surface area contributed by atoms with E-state index in [4.69, 9.17) is 9.47 Å². The summed E-state index contributed by atoms with van der Waals surface area (Å²) in [5, 5.41) is 3.63. The molecule has 9 rings (SSSR count). The Hall–Kier alpha value is -4.12. The second kappa shape index (κ2) is 13.5. The van der Waals surface area contributed by atoms with Gasteiger partial charge in [-0.3, -0.25) is 0 Å². The lowest BCUT2D eigenvalue weighted by Gasteiger charge is -2.68. The summed E-state index contributed by atoms with van der Waals surface area (Å²) in [7, 11) is 1.44. The van der Waals surface area contributed by atoms with Crippen molar-refractivity contribution in [2.75, 3.05) is 13.7 Å². The second-order valence-electron chi connectivity index (χ2n) is 19.8. The number of hydrogen-bond acceptors (Lipinski definition) is 4. The van der Waals surface area contributed by atoms with Crippen LogP contribution in [-0.4, -0.2) is 31.3 Å². The minimum atomic E-state index is -0.289. The van der Waals surface area contributed by atoms with Crippen LogP contribution in [0.2, 0.25) is 0 Å². The lowest BCUT2D eigenvalue weighted by molar-refractivity contribution is -0.174. The second-order valence-corrected chi connectivity index (χ2v) is 19.8. The lowest BCUT2D eigenvalue weighted by Crippen LogP contribution is -2.64. The molecule has 5 heteroatoms. The highest BCUT2D eigenvalue weighted by molar-refractivity contribution is 5.90. The van der Waals surface area contributed by atoms with Crippen LogP contribution in [0.4, 0.5) is 4.79 Å². The normalized spacial score (nSPS) is 35.0. The van der Waals surface area contributed by atoms with Crippen LogP contribution in [0, 0.1) is 51.8 Å². The van der Waals surface area contributed by atoms with E-state index in [1.54, 1.807) is 0 Å². The number of carbonyl (C=O) groups excluding carboxylic acids is 2. The van der Waals surface area contributed by atoms with Gasteiger partial charge < -0.3 is 14.8 Å². The smallest absolute Gasteiger partial charge is 0.407 e. The van der Waals surface area contributed by atoms with Crippen molar-refractivity contribution in [3.05, 3.63) is 113 Å². The number of fused-ring (bicyclic) bond motifs is 10. The van der Waals surface area contributed by atoms with Gasteiger partial charge in [0.15, 0.2) is 0 Å². The molecule has 0 aromatic heterocycles. The quantitative estimate of drug-likeness (QED) is 0.201. The van der Waals surface area contributed by atoms with Crippen molar-refractivity contribution < 1.29 is 19.1 Å². The Kier molecular flexibility index (Phi) is 9.02. The van der Waals surface area contributed by atoms with Gasteiger partial charge in [-0.15, -0.1) is 0 Å². The molecule has 0 spiro atoms. The fourth-order valence-corrected chi connectivity index (χ4v) is 14.9. The van der Waals surface area contributed by atoms with Crippen LogP contribution in [0.3, 0.4) is 0 Å². The highest BCUT2D eigenvalue weighted by Crippen LogP contribution is 2.73. The van der Waals surface area contributed by atoms with Gasteiger partial charge in [-0.2, -0.15) is 0 Å². The third-order valence-electron chi connectivity index (χ3n) is 17.1. The van der Waals surface area contributed by atoms with E-state index in [2.05, 4.69) is 113 Å². The summed E-state index contributed by atoms with van der Waals surface area (Å²) in [6, 6.07) is 25.2. The Morgan fingerprint density at radius 2 is 1.45 bits per heavy atom. The average Bonchev–Trinajstić information content (AvgIpc) is 3.73. The van der Waals surface area contributed by atoms with E-state index in [-0.39, 0.29) is 39.8 Å². The molecule has 4 saturated carbocycles. The molecule has 294 valence electrons. The van der Waals surface area contributed by atoms with Crippen LogP contribution < -0.4 is 5.32 Å². The predicted molar refractivity (Wildman–Crippen MR) is 224 cm³/mol. The predicted octanol–water partition coefficient (Wildman–Crippen LogP) is 12.0. The van der Waals surface area contributed by atoms with Crippen molar-refractivity contribution >= 4 is 17.6 Å². The molecule has 0 bridgehead atoms. The van der Waals surface area contributed by atoms with Crippen LogP contribution in [0.5, 0.6) is 0 Å². The van der Waals surface area contributed by atoms with E-state index in [0.717, 1.165) is 25.7 Å². The molecule has 6 aliphatic carbocycles. The monoisotopic (exact) mass is 751 g/mol. The van der Waals surface area contributed by atoms with E-state index in [1.165, 1.54) is 78.2 Å². The number of amides is 1. The Morgan fingerprint density at radius 3 is 2.11 bits per heavy atom. The van der Waals surface area contributed by atoms with Gasteiger partial charge in [0.1, 0.15) is 6.61 Å². The van der Waals surface area contributed by atoms with Gasteiger partial charge in [-0.05, 0) is 162 Å². The summed E-state index contributed by atoms with van der Waals surface area (Å²) in [6.07, 6.45) is 12.6. The highest BCUT2D eigenvalue weighted by Gasteiger charge is 2.67. The van der Waals surface area contributed by atoms with Crippen LogP contribution in [0.1, 0.15) is 125 Å². The van der Waals surface area contributed by atoms with E-state index in [1.807, 2.05) is 12.1 Å². The number of alkyl carbamates (subject to hydrolysis) is 1. The molecule has 0 saturated heterocycles. The molecule has 56 heavy (non-hydrogen) atoms. The Bertz CT molecular complexity index is 2050. The molecule has 3 aromatic carbocycles. The number of methoxy groups -OCH3 is 1. The van der Waals surface area contributed by atoms with E-state index in [9.17, 15) is 9.59 Å². The molecule has 9 atom stereocenters. The van der Waals surface area contributed by atoms with Crippen LogP contribution >= 0.6 is 0 Å². The van der Waals surface area contributed by atoms with Gasteiger partial charge in [0.05, 0.1) is 12.7 Å². The summed E-state index contributed by atoms with van der Waals surface area (Å²) < 4.78 is 11.2. The zero-order valence-corrected chi connectivity index (χ0v) is 34.5. The van der Waals surface area contributed by atoms with Crippen molar-refractivity contribution in [1.82, 2.24) is 5.32 Å². The Labute approximate surface area is 334 Å². The third-order valence-corrected chi connectivity index (χ3v) is 17.1. The molecule has 8 unspecified atom stereocenters. The molecule has 1 amide bonds. The minimum absolute atomic E-state index is 0.0170. The maximum atomic E-state index is 14.0. The molecular weight excluding hydrogens is 691 g/mol. The number of hydrogen-bond donors (Lipinski definition) is 1. The van der Waals surface area contributed by atoms with Crippen LogP contribution in [0.25, 0.3) is 16.7 Å². The molecule has 1 N–H and O–H groups in total. The van der Waals surface area contributed by atoms with E-state index >= 15 is 0 Å². The number of nitrogens with one attached hydrogen (secondary N) is 1. The van der Waals surface area contributed by atoms with E-state index in [0.29, 0.717) is 47.7 Å². The largest absolute Gasteiger partial charge is 0.465 e. The molecule has 5 nitrogen and oxygen atoms in total. The first-order valence-corrected chi connectivity index (χ1v) is 21.5. The molecule has 0 heterocycles. The highest BCUT2D eigenvalue weighted by atomic mass is 16.5. The summed E-state index contributed by atoms with van der Waals surface area (Å²) in [4.78, 5) is 26.2. The van der Waals surface area contributed by atoms with Gasteiger partial charge >= 0.3 is 12.1 Å². The number of ether oxygens (including phenoxy) is 2. The zero-order chi connectivity index (χ0) is 39.2. The SMILES string of the molecule is C=C(C)[C@@H]1CCC2(NC(=O)OCC3c4ccccc4-c4ccccc43)CCC3C(CCC4C3(C)CCC3C(C)(C)C(c5ccc(C(=O)OC)cc5)=CCC34C)C12. The topological polar surface area (TPSA) is 64.6 Å². The zero-order valence-electron chi connectivity index (χ0n) is 34.5. The minimum Gasteiger partial charge on any atom is -0.465 e. The maximum absolute atomic E-state index is 14.0. The van der Waals surface area contributed by atoms with Crippen molar-refractivity contribution in [2.45, 2.75) is 104 Å².